The fourth-order valence-electron chi connectivity index (χ4n) is 3.94. The highest BCUT2D eigenvalue weighted by atomic mass is 35.5. The van der Waals surface area contributed by atoms with E-state index in [1.807, 2.05) is 36.4 Å². The highest BCUT2D eigenvalue weighted by molar-refractivity contribution is 7.93. The highest BCUT2D eigenvalue weighted by Crippen LogP contribution is 2.34. The van der Waals surface area contributed by atoms with Crippen LogP contribution in [-0.2, 0) is 15.6 Å². The van der Waals surface area contributed by atoms with Crippen LogP contribution in [0.25, 0.3) is 0 Å². The molecule has 1 heterocycles. The monoisotopic (exact) mass is 469 g/mol. The molecule has 0 atom stereocenters. The zero-order valence-electron chi connectivity index (χ0n) is 17.3. The molecule has 3 aromatic rings. The Bertz CT molecular complexity index is 1160. The van der Waals surface area contributed by atoms with Crippen molar-refractivity contribution in [1.29, 1.82) is 0 Å². The first-order chi connectivity index (χ1) is 14.9. The number of aromatic carboxylic acids is 1. The van der Waals surface area contributed by atoms with Crippen molar-refractivity contribution >= 4 is 28.2 Å². The molecule has 5 nitrogen and oxygen atoms in total. The molecular formula is C25H24ClNO4S. The van der Waals surface area contributed by atoms with Gasteiger partial charge in [-0.05, 0) is 34.4 Å². The fourth-order valence-corrected chi connectivity index (χ4v) is 5.32. The number of carboxylic acids is 1. The highest BCUT2D eigenvalue weighted by Gasteiger charge is 2.31. The number of rotatable bonds is 7. The van der Waals surface area contributed by atoms with Crippen LogP contribution in [0.2, 0.25) is 0 Å². The van der Waals surface area contributed by atoms with Gasteiger partial charge in [0.2, 0.25) is 0 Å². The third kappa shape index (κ3) is 5.65. The molecule has 0 spiro atoms. The Labute approximate surface area is 194 Å². The van der Waals surface area contributed by atoms with Crippen molar-refractivity contribution in [2.75, 3.05) is 13.1 Å². The molecule has 0 radical (unpaired) electrons. The molecular weight excluding hydrogens is 446 g/mol. The van der Waals surface area contributed by atoms with Crippen molar-refractivity contribution in [3.8, 4) is 0 Å². The summed E-state index contributed by atoms with van der Waals surface area (Å²) >= 11 is 0. The van der Waals surface area contributed by atoms with E-state index in [-0.39, 0.29) is 29.8 Å². The summed E-state index contributed by atoms with van der Waals surface area (Å²) in [5.74, 6) is -1.28. The molecule has 1 aliphatic rings. The van der Waals surface area contributed by atoms with E-state index in [0.717, 1.165) is 5.57 Å². The molecule has 1 aliphatic heterocycles. The lowest BCUT2D eigenvalue weighted by molar-refractivity contribution is 0.0696. The molecule has 3 aromatic carbocycles. The van der Waals surface area contributed by atoms with Gasteiger partial charge in [-0.1, -0.05) is 72.8 Å². The van der Waals surface area contributed by atoms with Gasteiger partial charge in [-0.2, -0.15) is 0 Å². The van der Waals surface area contributed by atoms with E-state index < -0.39 is 15.8 Å². The minimum atomic E-state index is -3.50. The maximum absolute atomic E-state index is 12.7. The summed E-state index contributed by atoms with van der Waals surface area (Å²) < 4.78 is 25.3. The van der Waals surface area contributed by atoms with E-state index in [9.17, 15) is 13.2 Å². The third-order valence-electron chi connectivity index (χ3n) is 5.30. The Morgan fingerprint density at radius 2 is 1.47 bits per heavy atom. The van der Waals surface area contributed by atoms with Gasteiger partial charge in [0, 0.05) is 18.5 Å². The van der Waals surface area contributed by atoms with Crippen molar-refractivity contribution in [2.45, 2.75) is 11.8 Å². The van der Waals surface area contributed by atoms with Crippen molar-refractivity contribution in [1.82, 2.24) is 4.90 Å². The summed E-state index contributed by atoms with van der Waals surface area (Å²) in [6.07, 6.45) is 0. The number of hydrogen-bond acceptors (Lipinski definition) is 4. The standard InChI is InChI=1S/C25H23NO4S.ClH/c27-25(28)23-13-7-8-19(14-23)17-31(29,30)18-20-15-26(16-20)24(21-9-3-1-4-10-21)22-11-5-2-6-12-22;/h1-14,18,24H,15-17H2,(H,27,28);1H. The Morgan fingerprint density at radius 1 is 0.906 bits per heavy atom. The molecule has 0 aromatic heterocycles. The molecule has 1 N–H and O–H groups in total. The van der Waals surface area contributed by atoms with Crippen LogP contribution in [0.3, 0.4) is 0 Å². The van der Waals surface area contributed by atoms with Crippen LogP contribution in [0.15, 0.2) is 95.9 Å². The molecule has 0 aliphatic carbocycles. The Hall–Kier alpha value is -2.93. The maximum atomic E-state index is 12.7. The Morgan fingerprint density at radius 3 is 2.00 bits per heavy atom. The van der Waals surface area contributed by atoms with E-state index in [1.165, 1.54) is 28.7 Å². The third-order valence-corrected chi connectivity index (χ3v) is 6.72. The van der Waals surface area contributed by atoms with Crippen molar-refractivity contribution < 1.29 is 18.3 Å². The van der Waals surface area contributed by atoms with Crippen molar-refractivity contribution in [3.63, 3.8) is 0 Å². The molecule has 0 amide bonds. The summed E-state index contributed by atoms with van der Waals surface area (Å²) in [6, 6.07) is 26.5. The summed E-state index contributed by atoms with van der Waals surface area (Å²) in [7, 11) is -3.50. The average Bonchev–Trinajstić information content (AvgIpc) is 2.73. The number of benzene rings is 3. The van der Waals surface area contributed by atoms with Crippen LogP contribution < -0.4 is 0 Å². The van der Waals surface area contributed by atoms with Gasteiger partial charge >= 0.3 is 5.97 Å². The predicted molar refractivity (Wildman–Crippen MR) is 128 cm³/mol. The molecule has 0 bridgehead atoms. The first-order valence-electron chi connectivity index (χ1n) is 10.00. The summed E-state index contributed by atoms with van der Waals surface area (Å²) in [4.78, 5) is 13.4. The second-order valence-electron chi connectivity index (χ2n) is 7.72. The van der Waals surface area contributed by atoms with Crippen LogP contribution in [-0.4, -0.2) is 37.5 Å². The van der Waals surface area contributed by atoms with Crippen LogP contribution in [0.1, 0.15) is 33.1 Å². The lowest BCUT2D eigenvalue weighted by Gasteiger charge is -2.41. The van der Waals surface area contributed by atoms with Gasteiger partial charge in [0.1, 0.15) is 0 Å². The van der Waals surface area contributed by atoms with Crippen LogP contribution in [0.4, 0.5) is 0 Å². The molecule has 0 unspecified atom stereocenters. The lowest BCUT2D eigenvalue weighted by atomic mass is 9.93. The molecule has 4 rings (SSSR count). The zero-order chi connectivity index (χ0) is 21.8. The summed E-state index contributed by atoms with van der Waals surface area (Å²) in [5, 5.41) is 10.5. The summed E-state index contributed by atoms with van der Waals surface area (Å²) in [6.45, 7) is 1.14. The van der Waals surface area contributed by atoms with E-state index in [0.29, 0.717) is 18.7 Å². The average molecular weight is 470 g/mol. The van der Waals surface area contributed by atoms with Crippen LogP contribution in [0, 0.1) is 0 Å². The molecule has 166 valence electrons. The predicted octanol–water partition coefficient (Wildman–Crippen LogP) is 4.71. The lowest BCUT2D eigenvalue weighted by Crippen LogP contribution is -2.43. The first kappa shape index (κ1) is 23.7. The second kappa shape index (κ2) is 10.1. The number of hydrogen-bond donors (Lipinski definition) is 1. The van der Waals surface area contributed by atoms with Gasteiger partial charge in [0.25, 0.3) is 0 Å². The molecule has 1 saturated heterocycles. The quantitative estimate of drug-likeness (QED) is 0.542. The van der Waals surface area contributed by atoms with Gasteiger partial charge in [0.05, 0.1) is 17.4 Å². The van der Waals surface area contributed by atoms with E-state index in [1.54, 1.807) is 12.1 Å². The number of nitrogens with zero attached hydrogens (tertiary/aromatic N) is 1. The van der Waals surface area contributed by atoms with Gasteiger partial charge < -0.3 is 5.11 Å². The number of likely N-dealkylation sites (tertiary alicyclic amines) is 1. The first-order valence-corrected chi connectivity index (χ1v) is 11.7. The number of halogens is 1. The molecule has 32 heavy (non-hydrogen) atoms. The van der Waals surface area contributed by atoms with E-state index >= 15 is 0 Å². The van der Waals surface area contributed by atoms with Gasteiger partial charge in [-0.3, -0.25) is 4.90 Å². The maximum Gasteiger partial charge on any atom is 0.335 e. The summed E-state index contributed by atoms with van der Waals surface area (Å²) in [5.41, 5.74) is 3.75. The van der Waals surface area contributed by atoms with Gasteiger partial charge in [-0.15, -0.1) is 12.4 Å². The van der Waals surface area contributed by atoms with Crippen LogP contribution >= 0.6 is 12.4 Å². The number of carbonyl (C=O) groups is 1. The molecule has 1 fully saturated rings. The Balaban J connectivity index is 0.00000289. The smallest absolute Gasteiger partial charge is 0.335 e. The Kier molecular flexibility index (Phi) is 7.51. The molecule has 0 saturated carbocycles. The van der Waals surface area contributed by atoms with Crippen molar-refractivity contribution in [2.24, 2.45) is 0 Å². The minimum Gasteiger partial charge on any atom is -0.478 e. The molecule has 7 heteroatoms. The van der Waals surface area contributed by atoms with E-state index in [4.69, 9.17) is 5.11 Å². The topological polar surface area (TPSA) is 74.7 Å². The second-order valence-corrected chi connectivity index (χ2v) is 9.57. The van der Waals surface area contributed by atoms with Crippen LogP contribution in [0.5, 0.6) is 0 Å². The minimum absolute atomic E-state index is 0. The van der Waals surface area contributed by atoms with E-state index in [2.05, 4.69) is 29.2 Å². The largest absolute Gasteiger partial charge is 0.478 e. The number of sulfone groups is 1. The number of carboxylic acid groups (broad SMARTS) is 1. The normalized spacial score (nSPS) is 13.8. The van der Waals surface area contributed by atoms with Crippen molar-refractivity contribution in [3.05, 3.63) is 118 Å². The zero-order valence-corrected chi connectivity index (χ0v) is 18.9. The SMILES string of the molecule is Cl.O=C(O)c1cccc(CS(=O)(=O)C=C2CN(C(c3ccccc3)c3ccccc3)C2)c1. The fraction of sp³-hybridized carbons (Fsp3) is 0.160. The van der Waals surface area contributed by atoms with Gasteiger partial charge in [0.15, 0.2) is 9.84 Å². The van der Waals surface area contributed by atoms with Gasteiger partial charge in [-0.25, -0.2) is 13.2 Å².